The lowest BCUT2D eigenvalue weighted by molar-refractivity contribution is 0.122. The van der Waals surface area contributed by atoms with Crippen molar-refractivity contribution in [3.05, 3.63) is 87.6 Å². The number of hydrogen-bond donors (Lipinski definition) is 2. The highest BCUT2D eigenvalue weighted by Crippen LogP contribution is 2.29. The average molecular weight is 478 g/mol. The van der Waals surface area contributed by atoms with Crippen LogP contribution in [0.25, 0.3) is 0 Å². The molecule has 2 aliphatic rings. The molecule has 2 aromatic carbocycles. The fraction of sp³-hybridized carbons (Fsp3) is 0.321. The molecule has 6 heteroatoms. The number of anilines is 2. The Morgan fingerprint density at radius 2 is 1.85 bits per heavy atom. The van der Waals surface area contributed by atoms with Crippen LogP contribution >= 0.6 is 11.6 Å². The number of ether oxygens (including phenoxy) is 2. The van der Waals surface area contributed by atoms with Crippen molar-refractivity contribution in [2.75, 3.05) is 43.6 Å². The van der Waals surface area contributed by atoms with Gasteiger partial charge in [0.15, 0.2) is 0 Å². The summed E-state index contributed by atoms with van der Waals surface area (Å²) in [6.45, 7) is 7.64. The van der Waals surface area contributed by atoms with Gasteiger partial charge in [-0.3, -0.25) is 0 Å². The molecule has 0 spiro atoms. The molecule has 1 aliphatic heterocycles. The fourth-order valence-corrected chi connectivity index (χ4v) is 4.59. The number of nitrogens with one attached hydrogen (secondary N) is 2. The highest BCUT2D eigenvalue weighted by molar-refractivity contribution is 6.32. The molecule has 5 nitrogen and oxygen atoms in total. The molecule has 4 rings (SSSR count). The van der Waals surface area contributed by atoms with Crippen molar-refractivity contribution < 1.29 is 9.47 Å². The third-order valence-corrected chi connectivity index (χ3v) is 6.62. The van der Waals surface area contributed by atoms with Gasteiger partial charge in [0.1, 0.15) is 5.75 Å². The molecule has 0 amide bonds. The van der Waals surface area contributed by atoms with Crippen LogP contribution in [0.5, 0.6) is 5.75 Å². The van der Waals surface area contributed by atoms with E-state index in [9.17, 15) is 0 Å². The van der Waals surface area contributed by atoms with Crippen LogP contribution in [0, 0.1) is 5.41 Å². The van der Waals surface area contributed by atoms with Crippen molar-refractivity contribution in [3.8, 4) is 5.75 Å². The zero-order valence-corrected chi connectivity index (χ0v) is 20.8. The van der Waals surface area contributed by atoms with E-state index in [1.807, 2.05) is 18.2 Å². The number of hydrogen-bond acceptors (Lipinski definition) is 5. The Hall–Kier alpha value is -3.02. The van der Waals surface area contributed by atoms with E-state index < -0.39 is 0 Å². The summed E-state index contributed by atoms with van der Waals surface area (Å²) < 4.78 is 10.8. The zero-order valence-electron chi connectivity index (χ0n) is 20.1. The molecule has 34 heavy (non-hydrogen) atoms. The molecule has 1 fully saturated rings. The van der Waals surface area contributed by atoms with Crippen LogP contribution in [0.3, 0.4) is 0 Å². The van der Waals surface area contributed by atoms with Gasteiger partial charge in [0, 0.05) is 48.7 Å². The van der Waals surface area contributed by atoms with Gasteiger partial charge in [0.2, 0.25) is 0 Å². The normalized spacial score (nSPS) is 16.5. The van der Waals surface area contributed by atoms with Crippen LogP contribution in [0.15, 0.2) is 77.0 Å². The van der Waals surface area contributed by atoms with Gasteiger partial charge in [-0.15, -0.1) is 0 Å². The predicted octanol–water partition coefficient (Wildman–Crippen LogP) is 6.41. The summed E-state index contributed by atoms with van der Waals surface area (Å²) in [7, 11) is 1.61. The van der Waals surface area contributed by atoms with E-state index in [1.54, 1.807) is 7.11 Å². The molecule has 2 N–H and O–H groups in total. The topological polar surface area (TPSA) is 57.6 Å². The van der Waals surface area contributed by atoms with Crippen molar-refractivity contribution in [1.29, 1.82) is 5.41 Å². The summed E-state index contributed by atoms with van der Waals surface area (Å²) in [5, 5.41) is 12.9. The molecule has 0 bridgehead atoms. The number of rotatable bonds is 7. The van der Waals surface area contributed by atoms with E-state index in [0.29, 0.717) is 22.9 Å². The first-order chi connectivity index (χ1) is 16.4. The number of nitrogens with zero attached hydrogens (tertiary/aromatic N) is 1. The minimum atomic E-state index is 0.523. The number of halogens is 1. The predicted molar refractivity (Wildman–Crippen MR) is 142 cm³/mol. The number of morpholine rings is 1. The molecule has 1 saturated heterocycles. The van der Waals surface area contributed by atoms with Crippen LogP contribution in [-0.2, 0) is 11.2 Å². The summed E-state index contributed by atoms with van der Waals surface area (Å²) in [6, 6.07) is 14.3. The molecular weight excluding hydrogens is 446 g/mol. The summed E-state index contributed by atoms with van der Waals surface area (Å²) in [5.74, 6) is 0.637. The van der Waals surface area contributed by atoms with Gasteiger partial charge >= 0.3 is 0 Å². The Morgan fingerprint density at radius 1 is 1.12 bits per heavy atom. The lowest BCUT2D eigenvalue weighted by Gasteiger charge is -2.29. The highest BCUT2D eigenvalue weighted by Gasteiger charge is 2.15. The minimum absolute atomic E-state index is 0.523. The molecule has 1 aliphatic carbocycles. The van der Waals surface area contributed by atoms with E-state index in [0.717, 1.165) is 60.8 Å². The molecule has 2 aromatic rings. The minimum Gasteiger partial charge on any atom is -0.495 e. The molecule has 0 aromatic heterocycles. The first-order valence-corrected chi connectivity index (χ1v) is 12.0. The summed E-state index contributed by atoms with van der Waals surface area (Å²) >= 11 is 6.15. The number of methoxy groups -OCH3 is 1. The van der Waals surface area contributed by atoms with Gasteiger partial charge < -0.3 is 25.1 Å². The second-order valence-electron chi connectivity index (χ2n) is 8.71. The van der Waals surface area contributed by atoms with Crippen molar-refractivity contribution >= 4 is 28.7 Å². The Balaban J connectivity index is 1.44. The third-order valence-electron chi connectivity index (χ3n) is 6.30. The van der Waals surface area contributed by atoms with Crippen molar-refractivity contribution in [3.63, 3.8) is 0 Å². The highest BCUT2D eigenvalue weighted by atomic mass is 35.5. The molecule has 0 unspecified atom stereocenters. The first kappa shape index (κ1) is 24.1. The molecular formula is C28H32ClN3O2. The van der Waals surface area contributed by atoms with E-state index >= 15 is 0 Å². The largest absolute Gasteiger partial charge is 0.495 e. The third kappa shape index (κ3) is 5.72. The van der Waals surface area contributed by atoms with E-state index in [1.165, 1.54) is 11.3 Å². The lowest BCUT2D eigenvalue weighted by Crippen LogP contribution is -2.36. The smallest absolute Gasteiger partial charge is 0.137 e. The van der Waals surface area contributed by atoms with Gasteiger partial charge in [0.25, 0.3) is 0 Å². The SMILES string of the molecule is COc1cc(CC(=N)C2=CCC(Nc3ccc(N4CCOCC4)cc3)=C(C)C=C2C)ccc1Cl. The summed E-state index contributed by atoms with van der Waals surface area (Å²) in [4.78, 5) is 2.35. The Morgan fingerprint density at radius 3 is 2.56 bits per heavy atom. The fourth-order valence-electron chi connectivity index (χ4n) is 4.39. The maximum Gasteiger partial charge on any atom is 0.137 e. The summed E-state index contributed by atoms with van der Waals surface area (Å²) in [5.41, 5.74) is 8.30. The standard InChI is InChI=1S/C28H32ClN3O2/c1-19-16-20(2)27(31-22-5-7-23(8-6-22)32-12-14-34-15-13-32)11-9-24(19)26(30)17-21-4-10-25(29)28(18-21)33-3/h4-10,16,18,30-31H,11-15,17H2,1-3H3. The number of benzene rings is 2. The van der Waals surface area contributed by atoms with Gasteiger partial charge in [0.05, 0.1) is 25.3 Å². The van der Waals surface area contributed by atoms with Gasteiger partial charge in [-0.05, 0) is 72.5 Å². The van der Waals surface area contributed by atoms with Crippen LogP contribution in [0.4, 0.5) is 11.4 Å². The quantitative estimate of drug-likeness (QED) is 0.452. The molecule has 1 heterocycles. The number of allylic oxidation sites excluding steroid dienone is 5. The van der Waals surface area contributed by atoms with Gasteiger partial charge in [-0.1, -0.05) is 29.8 Å². The van der Waals surface area contributed by atoms with Crippen LogP contribution < -0.4 is 15.0 Å². The van der Waals surface area contributed by atoms with Gasteiger partial charge in [-0.25, -0.2) is 0 Å². The lowest BCUT2D eigenvalue weighted by atomic mass is 9.96. The van der Waals surface area contributed by atoms with Crippen LogP contribution in [0.2, 0.25) is 5.02 Å². The van der Waals surface area contributed by atoms with Crippen molar-refractivity contribution in [1.82, 2.24) is 0 Å². The molecule has 0 radical (unpaired) electrons. The second-order valence-corrected chi connectivity index (χ2v) is 9.11. The van der Waals surface area contributed by atoms with Crippen LogP contribution in [-0.4, -0.2) is 39.1 Å². The second kappa shape index (κ2) is 10.9. The maximum atomic E-state index is 8.77. The first-order valence-electron chi connectivity index (χ1n) is 11.6. The zero-order chi connectivity index (χ0) is 24.1. The van der Waals surface area contributed by atoms with Crippen molar-refractivity contribution in [2.24, 2.45) is 0 Å². The van der Waals surface area contributed by atoms with E-state index in [-0.39, 0.29) is 0 Å². The maximum absolute atomic E-state index is 8.77. The Labute approximate surface area is 207 Å². The van der Waals surface area contributed by atoms with Crippen molar-refractivity contribution in [2.45, 2.75) is 26.7 Å². The average Bonchev–Trinajstić information content (AvgIpc) is 2.99. The van der Waals surface area contributed by atoms with E-state index in [4.69, 9.17) is 26.5 Å². The van der Waals surface area contributed by atoms with E-state index in [2.05, 4.69) is 60.5 Å². The Bertz CT molecular complexity index is 1140. The van der Waals surface area contributed by atoms with Gasteiger partial charge in [-0.2, -0.15) is 0 Å². The summed E-state index contributed by atoms with van der Waals surface area (Å²) in [6.07, 6.45) is 5.59. The van der Waals surface area contributed by atoms with Crippen LogP contribution in [0.1, 0.15) is 25.8 Å². The Kier molecular flexibility index (Phi) is 7.76. The molecule has 178 valence electrons. The monoisotopic (exact) mass is 477 g/mol. The molecule has 0 atom stereocenters. The molecule has 0 saturated carbocycles.